The Balaban J connectivity index is 1.92. The second-order valence-corrected chi connectivity index (χ2v) is 5.63. The number of nitrogens with one attached hydrogen (secondary N) is 2. The molecule has 0 aliphatic rings. The highest BCUT2D eigenvalue weighted by Crippen LogP contribution is 2.20. The minimum Gasteiger partial charge on any atom is -0.352 e. The summed E-state index contributed by atoms with van der Waals surface area (Å²) < 4.78 is 0. The minimum absolute atomic E-state index is 0.566. The highest BCUT2D eigenvalue weighted by atomic mass is 35.5. The van der Waals surface area contributed by atoms with Crippen LogP contribution in [0, 0.1) is 6.92 Å². The van der Waals surface area contributed by atoms with Gasteiger partial charge >= 0.3 is 0 Å². The molecular weight excluding hydrogens is 319 g/mol. The van der Waals surface area contributed by atoms with Crippen LogP contribution in [0.1, 0.15) is 16.8 Å². The molecule has 4 nitrogen and oxygen atoms in total. The Labute approximate surface area is 140 Å². The summed E-state index contributed by atoms with van der Waals surface area (Å²) in [5.74, 6) is 0.691. The van der Waals surface area contributed by atoms with Gasteiger partial charge in [-0.1, -0.05) is 35.3 Å². The average molecular weight is 337 g/mol. The standard InChI is InChI=1S/C16H18Cl2N4/c1-11-4-3-7-20-15(11)10-22-16(19-2)21-9-12-5-6-13(17)8-14(12)18/h3-8H,9-10H2,1-2H3,(H2,19,21,22). The number of nitrogens with zero attached hydrogens (tertiary/aromatic N) is 2. The van der Waals surface area contributed by atoms with E-state index < -0.39 is 0 Å². The van der Waals surface area contributed by atoms with E-state index in [0.717, 1.165) is 16.8 Å². The number of guanidine groups is 1. The van der Waals surface area contributed by atoms with Crippen LogP contribution in [0.5, 0.6) is 0 Å². The largest absolute Gasteiger partial charge is 0.352 e. The van der Waals surface area contributed by atoms with Gasteiger partial charge in [0.05, 0.1) is 12.2 Å². The van der Waals surface area contributed by atoms with Crippen LogP contribution in [0.15, 0.2) is 41.5 Å². The van der Waals surface area contributed by atoms with Gasteiger partial charge in [0.2, 0.25) is 0 Å². The van der Waals surface area contributed by atoms with Crippen LogP contribution in [0.3, 0.4) is 0 Å². The van der Waals surface area contributed by atoms with E-state index in [1.807, 2.05) is 31.2 Å². The van der Waals surface area contributed by atoms with Crippen molar-refractivity contribution in [1.82, 2.24) is 15.6 Å². The molecule has 0 saturated carbocycles. The summed E-state index contributed by atoms with van der Waals surface area (Å²) in [6, 6.07) is 9.40. The summed E-state index contributed by atoms with van der Waals surface area (Å²) >= 11 is 12.0. The monoisotopic (exact) mass is 336 g/mol. The second kappa shape index (κ2) is 8.01. The van der Waals surface area contributed by atoms with E-state index in [4.69, 9.17) is 23.2 Å². The molecule has 0 aliphatic carbocycles. The average Bonchev–Trinajstić information content (AvgIpc) is 2.50. The summed E-state index contributed by atoms with van der Waals surface area (Å²) in [5.41, 5.74) is 3.10. The van der Waals surface area contributed by atoms with Crippen LogP contribution in [-0.4, -0.2) is 18.0 Å². The first-order valence-electron chi connectivity index (χ1n) is 6.89. The van der Waals surface area contributed by atoms with Crippen molar-refractivity contribution >= 4 is 29.2 Å². The third kappa shape index (κ3) is 4.61. The Kier molecular flexibility index (Phi) is 6.04. The fraction of sp³-hybridized carbons (Fsp3) is 0.250. The number of aryl methyl sites for hydroxylation is 1. The molecule has 2 N–H and O–H groups in total. The van der Waals surface area contributed by atoms with Gasteiger partial charge in [-0.2, -0.15) is 0 Å². The summed E-state index contributed by atoms with van der Waals surface area (Å²) in [6.45, 7) is 3.21. The molecule has 0 aliphatic heterocycles. The molecule has 22 heavy (non-hydrogen) atoms. The molecule has 1 aromatic heterocycles. The number of rotatable bonds is 4. The normalized spacial score (nSPS) is 11.4. The quantitative estimate of drug-likeness (QED) is 0.662. The van der Waals surface area contributed by atoms with Crippen LogP contribution in [-0.2, 0) is 13.1 Å². The van der Waals surface area contributed by atoms with Crippen molar-refractivity contribution in [3.63, 3.8) is 0 Å². The Morgan fingerprint density at radius 3 is 2.64 bits per heavy atom. The molecule has 1 aromatic carbocycles. The van der Waals surface area contributed by atoms with Crippen LogP contribution in [0.4, 0.5) is 0 Å². The number of halogens is 2. The third-order valence-corrected chi connectivity index (χ3v) is 3.81. The zero-order chi connectivity index (χ0) is 15.9. The maximum absolute atomic E-state index is 6.16. The van der Waals surface area contributed by atoms with Crippen LogP contribution in [0.25, 0.3) is 0 Å². The van der Waals surface area contributed by atoms with Crippen molar-refractivity contribution in [2.75, 3.05) is 7.05 Å². The van der Waals surface area contributed by atoms with Crippen molar-refractivity contribution in [1.29, 1.82) is 0 Å². The molecule has 2 rings (SSSR count). The van der Waals surface area contributed by atoms with Gasteiger partial charge in [0.15, 0.2) is 5.96 Å². The predicted octanol–water partition coefficient (Wildman–Crippen LogP) is 3.56. The lowest BCUT2D eigenvalue weighted by Gasteiger charge is -2.13. The van der Waals surface area contributed by atoms with Crippen molar-refractivity contribution in [3.8, 4) is 0 Å². The number of pyridine rings is 1. The summed E-state index contributed by atoms with van der Waals surface area (Å²) in [6.07, 6.45) is 1.79. The molecule has 2 aromatic rings. The van der Waals surface area contributed by atoms with Gasteiger partial charge in [0.25, 0.3) is 0 Å². The highest BCUT2D eigenvalue weighted by molar-refractivity contribution is 6.35. The van der Waals surface area contributed by atoms with E-state index in [1.54, 1.807) is 19.3 Å². The van der Waals surface area contributed by atoms with Gasteiger partial charge in [-0.05, 0) is 36.2 Å². The summed E-state index contributed by atoms with van der Waals surface area (Å²) in [5, 5.41) is 7.72. The van der Waals surface area contributed by atoms with Gasteiger partial charge in [-0.15, -0.1) is 0 Å². The molecule has 0 amide bonds. The summed E-state index contributed by atoms with van der Waals surface area (Å²) in [7, 11) is 1.73. The van der Waals surface area contributed by atoms with Crippen molar-refractivity contribution in [2.24, 2.45) is 4.99 Å². The lowest BCUT2D eigenvalue weighted by atomic mass is 10.2. The van der Waals surface area contributed by atoms with Gasteiger partial charge in [-0.3, -0.25) is 9.98 Å². The van der Waals surface area contributed by atoms with Crippen LogP contribution < -0.4 is 10.6 Å². The first kappa shape index (κ1) is 16.6. The maximum atomic E-state index is 6.16. The Bertz CT molecular complexity index is 671. The van der Waals surface area contributed by atoms with Crippen molar-refractivity contribution in [2.45, 2.75) is 20.0 Å². The minimum atomic E-state index is 0.566. The topological polar surface area (TPSA) is 49.3 Å². The molecule has 0 atom stereocenters. The van der Waals surface area contributed by atoms with Crippen LogP contribution in [0.2, 0.25) is 10.0 Å². The van der Waals surface area contributed by atoms with E-state index in [0.29, 0.717) is 29.1 Å². The number of benzene rings is 1. The zero-order valence-corrected chi connectivity index (χ0v) is 14.0. The van der Waals surface area contributed by atoms with Crippen LogP contribution >= 0.6 is 23.2 Å². The van der Waals surface area contributed by atoms with Crippen molar-refractivity contribution in [3.05, 3.63) is 63.4 Å². The lowest BCUT2D eigenvalue weighted by Crippen LogP contribution is -2.36. The molecule has 0 spiro atoms. The van der Waals surface area contributed by atoms with E-state index in [1.165, 1.54) is 0 Å². The molecule has 0 radical (unpaired) electrons. The molecule has 0 bridgehead atoms. The fourth-order valence-corrected chi connectivity index (χ4v) is 2.41. The Morgan fingerprint density at radius 1 is 1.18 bits per heavy atom. The molecule has 6 heteroatoms. The van der Waals surface area contributed by atoms with Gasteiger partial charge in [0.1, 0.15) is 0 Å². The van der Waals surface area contributed by atoms with E-state index >= 15 is 0 Å². The Hall–Kier alpha value is -1.78. The third-order valence-electron chi connectivity index (χ3n) is 3.23. The number of aromatic nitrogens is 1. The summed E-state index contributed by atoms with van der Waals surface area (Å²) in [4.78, 5) is 8.54. The lowest BCUT2D eigenvalue weighted by molar-refractivity contribution is 0.790. The Morgan fingerprint density at radius 2 is 1.95 bits per heavy atom. The number of aliphatic imine (C=N–C) groups is 1. The van der Waals surface area contributed by atoms with Gasteiger partial charge in [-0.25, -0.2) is 0 Å². The molecule has 116 valence electrons. The predicted molar refractivity (Wildman–Crippen MR) is 92.5 cm³/mol. The molecule has 1 heterocycles. The smallest absolute Gasteiger partial charge is 0.191 e. The first-order chi connectivity index (χ1) is 10.6. The maximum Gasteiger partial charge on any atom is 0.191 e. The molecule has 0 fully saturated rings. The molecule has 0 saturated heterocycles. The van der Waals surface area contributed by atoms with Gasteiger partial charge in [0, 0.05) is 29.8 Å². The molecular formula is C16H18Cl2N4. The highest BCUT2D eigenvalue weighted by Gasteiger charge is 2.04. The van der Waals surface area contributed by atoms with Gasteiger partial charge < -0.3 is 10.6 Å². The fourth-order valence-electron chi connectivity index (χ4n) is 1.94. The zero-order valence-electron chi connectivity index (χ0n) is 12.5. The second-order valence-electron chi connectivity index (χ2n) is 4.78. The SMILES string of the molecule is CN=C(NCc1ccc(Cl)cc1Cl)NCc1ncccc1C. The first-order valence-corrected chi connectivity index (χ1v) is 7.64. The van der Waals surface area contributed by atoms with E-state index in [2.05, 4.69) is 20.6 Å². The van der Waals surface area contributed by atoms with E-state index in [9.17, 15) is 0 Å². The number of hydrogen-bond acceptors (Lipinski definition) is 2. The number of hydrogen-bond donors (Lipinski definition) is 2. The molecule has 0 unspecified atom stereocenters. The van der Waals surface area contributed by atoms with Crippen molar-refractivity contribution < 1.29 is 0 Å². The van der Waals surface area contributed by atoms with E-state index in [-0.39, 0.29) is 0 Å².